The normalized spacial score (nSPS) is 11.1. The molecular weight excluding hydrogens is 200 g/mol. The van der Waals surface area contributed by atoms with Crippen LogP contribution in [-0.4, -0.2) is 22.5 Å². The monoisotopic (exact) mass is 208 g/mol. The van der Waals surface area contributed by atoms with Crippen molar-refractivity contribution in [1.29, 1.82) is 5.41 Å². The van der Waals surface area contributed by atoms with E-state index in [0.29, 0.717) is 5.56 Å². The van der Waals surface area contributed by atoms with Gasteiger partial charge in [0.1, 0.15) is 0 Å². The molecule has 0 spiro atoms. The van der Waals surface area contributed by atoms with Crippen molar-refractivity contribution in [3.05, 3.63) is 35.9 Å². The van der Waals surface area contributed by atoms with Crippen molar-refractivity contribution >= 4 is 30.2 Å². The molecule has 4 nitrogen and oxygen atoms in total. The number of rotatable bonds is 3. The molecule has 0 aliphatic rings. The Bertz CT molecular complexity index is 387. The van der Waals surface area contributed by atoms with Gasteiger partial charge in [0.15, 0.2) is 5.71 Å². The van der Waals surface area contributed by atoms with Crippen LogP contribution in [0.4, 0.5) is 0 Å². The number of aliphatic carboxylic acids is 1. The third kappa shape index (κ3) is 2.20. The molecule has 0 unspecified atom stereocenters. The fraction of sp³-hybridized carbons (Fsp3) is 0. The Hall–Kier alpha value is -1.62. The van der Waals surface area contributed by atoms with Crippen LogP contribution in [0.3, 0.4) is 0 Å². The highest BCUT2D eigenvalue weighted by atomic mass is 32.1. The Labute approximate surface area is 86.4 Å². The van der Waals surface area contributed by atoms with E-state index in [9.17, 15) is 4.79 Å². The molecule has 0 aliphatic carbocycles. The maximum absolute atomic E-state index is 10.6. The number of benzene rings is 1. The maximum atomic E-state index is 10.6. The van der Waals surface area contributed by atoms with Gasteiger partial charge >= 0.3 is 5.97 Å². The molecule has 0 radical (unpaired) electrons. The lowest BCUT2D eigenvalue weighted by atomic mass is 10.1. The Balaban J connectivity index is 3.02. The molecule has 0 aromatic heterocycles. The highest BCUT2D eigenvalue weighted by molar-refractivity contribution is 7.79. The summed E-state index contributed by atoms with van der Waals surface area (Å²) in [5, 5.41) is 16.2. The van der Waals surface area contributed by atoms with Gasteiger partial charge in [0.25, 0.3) is 0 Å². The predicted octanol–water partition coefficient (Wildman–Crippen LogP) is 1.42. The molecule has 1 rings (SSSR count). The standard InChI is InChI=1S/C9H8N2O2S/c10-7(8(11-14)9(12)13)6-4-2-1-3-5-6/h1-5,10,14H,(H,12,13)/b10-7?,11-8+. The molecule has 0 amide bonds. The first-order valence-corrected chi connectivity index (χ1v) is 4.16. The Kier molecular flexibility index (Phi) is 3.41. The molecule has 0 aliphatic heterocycles. The van der Waals surface area contributed by atoms with Crippen LogP contribution in [0.25, 0.3) is 0 Å². The number of hydrogen-bond donors (Lipinski definition) is 3. The predicted molar refractivity (Wildman–Crippen MR) is 57.3 cm³/mol. The van der Waals surface area contributed by atoms with E-state index in [1.165, 1.54) is 0 Å². The van der Waals surface area contributed by atoms with E-state index in [1.54, 1.807) is 30.3 Å². The second-order valence-electron chi connectivity index (χ2n) is 2.49. The summed E-state index contributed by atoms with van der Waals surface area (Å²) in [4.78, 5) is 10.6. The molecule has 0 saturated carbocycles. The molecule has 0 bridgehead atoms. The zero-order valence-electron chi connectivity index (χ0n) is 7.14. The van der Waals surface area contributed by atoms with Gasteiger partial charge in [-0.15, -0.1) is 0 Å². The van der Waals surface area contributed by atoms with Crippen LogP contribution in [0, 0.1) is 5.41 Å². The van der Waals surface area contributed by atoms with E-state index in [-0.39, 0.29) is 11.4 Å². The zero-order valence-corrected chi connectivity index (χ0v) is 8.03. The zero-order chi connectivity index (χ0) is 10.6. The van der Waals surface area contributed by atoms with Crippen LogP contribution in [0.5, 0.6) is 0 Å². The average Bonchev–Trinajstić information content (AvgIpc) is 2.19. The lowest BCUT2D eigenvalue weighted by Crippen LogP contribution is -2.23. The van der Waals surface area contributed by atoms with Crippen LogP contribution < -0.4 is 0 Å². The molecule has 14 heavy (non-hydrogen) atoms. The molecule has 5 heteroatoms. The molecule has 72 valence electrons. The Morgan fingerprint density at radius 3 is 2.36 bits per heavy atom. The van der Waals surface area contributed by atoms with Gasteiger partial charge in [-0.25, -0.2) is 9.19 Å². The second kappa shape index (κ2) is 4.57. The second-order valence-corrected chi connectivity index (χ2v) is 2.69. The van der Waals surface area contributed by atoms with E-state index in [0.717, 1.165) is 0 Å². The van der Waals surface area contributed by atoms with Gasteiger partial charge in [-0.05, 0) is 12.8 Å². The summed E-state index contributed by atoms with van der Waals surface area (Å²) in [7, 11) is 0. The summed E-state index contributed by atoms with van der Waals surface area (Å²) in [6, 6.07) is 8.52. The number of nitrogens with one attached hydrogen (secondary N) is 1. The number of carbonyl (C=O) groups is 1. The molecule has 0 heterocycles. The lowest BCUT2D eigenvalue weighted by Gasteiger charge is -2.01. The fourth-order valence-electron chi connectivity index (χ4n) is 0.941. The minimum absolute atomic E-state index is 0.145. The van der Waals surface area contributed by atoms with Gasteiger partial charge < -0.3 is 5.11 Å². The van der Waals surface area contributed by atoms with Crippen molar-refractivity contribution in [3.63, 3.8) is 0 Å². The van der Waals surface area contributed by atoms with Crippen LogP contribution in [0.1, 0.15) is 5.56 Å². The van der Waals surface area contributed by atoms with Crippen molar-refractivity contribution in [1.82, 2.24) is 0 Å². The molecule has 0 fully saturated rings. The quantitative estimate of drug-likeness (QED) is 0.519. The van der Waals surface area contributed by atoms with Crippen LogP contribution in [0.2, 0.25) is 0 Å². The number of nitrogens with zero attached hydrogens (tertiary/aromatic N) is 1. The molecular formula is C9H8N2O2S. The summed E-state index contributed by atoms with van der Waals surface area (Å²) in [6.07, 6.45) is 0. The van der Waals surface area contributed by atoms with Crippen molar-refractivity contribution in [2.45, 2.75) is 0 Å². The van der Waals surface area contributed by atoms with Gasteiger partial charge in [-0.3, -0.25) is 5.41 Å². The third-order valence-electron chi connectivity index (χ3n) is 1.60. The fourth-order valence-corrected chi connectivity index (χ4v) is 1.13. The van der Waals surface area contributed by atoms with E-state index in [1.807, 2.05) is 0 Å². The molecule has 2 N–H and O–H groups in total. The highest BCUT2D eigenvalue weighted by Gasteiger charge is 2.16. The molecule has 0 saturated heterocycles. The molecule has 1 aromatic rings. The third-order valence-corrected chi connectivity index (χ3v) is 1.80. The minimum atomic E-state index is -1.26. The van der Waals surface area contributed by atoms with Gasteiger partial charge in [0, 0.05) is 5.56 Å². The Morgan fingerprint density at radius 2 is 1.93 bits per heavy atom. The Morgan fingerprint density at radius 1 is 1.36 bits per heavy atom. The number of carboxylic acids is 1. The average molecular weight is 208 g/mol. The van der Waals surface area contributed by atoms with E-state index in [4.69, 9.17) is 10.5 Å². The first-order valence-electron chi connectivity index (χ1n) is 3.76. The highest BCUT2D eigenvalue weighted by Crippen LogP contribution is 2.02. The topological polar surface area (TPSA) is 73.5 Å². The van der Waals surface area contributed by atoms with Crippen LogP contribution in [0.15, 0.2) is 34.7 Å². The maximum Gasteiger partial charge on any atom is 0.357 e. The summed E-state index contributed by atoms with van der Waals surface area (Å²) >= 11 is 3.51. The van der Waals surface area contributed by atoms with Gasteiger partial charge in [-0.2, -0.15) is 0 Å². The number of carboxylic acid groups (broad SMARTS) is 1. The summed E-state index contributed by atoms with van der Waals surface area (Å²) in [5.41, 5.74) is -0.00432. The SMILES string of the molecule is N=C(/C(=N\S)C(=O)O)c1ccccc1. The first kappa shape index (κ1) is 10.5. The number of thiol groups is 1. The van der Waals surface area contributed by atoms with Crippen LogP contribution in [-0.2, 0) is 4.79 Å². The van der Waals surface area contributed by atoms with Gasteiger partial charge in [-0.1, -0.05) is 30.3 Å². The largest absolute Gasteiger partial charge is 0.476 e. The number of hydrogen-bond acceptors (Lipinski definition) is 4. The van der Waals surface area contributed by atoms with Gasteiger partial charge in [0.05, 0.1) is 5.71 Å². The van der Waals surface area contributed by atoms with Crippen molar-refractivity contribution < 1.29 is 9.90 Å². The molecule has 0 atom stereocenters. The van der Waals surface area contributed by atoms with E-state index >= 15 is 0 Å². The first-order chi connectivity index (χ1) is 6.66. The summed E-state index contributed by atoms with van der Waals surface area (Å²) in [6.45, 7) is 0. The van der Waals surface area contributed by atoms with Crippen LogP contribution >= 0.6 is 12.8 Å². The van der Waals surface area contributed by atoms with E-state index in [2.05, 4.69) is 17.2 Å². The lowest BCUT2D eigenvalue weighted by molar-refractivity contribution is -0.129. The summed E-state index contributed by atoms with van der Waals surface area (Å²) in [5.74, 6) is -1.26. The van der Waals surface area contributed by atoms with Crippen molar-refractivity contribution in [3.8, 4) is 0 Å². The van der Waals surface area contributed by atoms with Gasteiger partial charge in [0.2, 0.25) is 0 Å². The summed E-state index contributed by atoms with van der Waals surface area (Å²) < 4.78 is 3.25. The minimum Gasteiger partial charge on any atom is -0.476 e. The van der Waals surface area contributed by atoms with E-state index < -0.39 is 5.97 Å². The van der Waals surface area contributed by atoms with Crippen molar-refractivity contribution in [2.75, 3.05) is 0 Å². The molecule has 1 aromatic carbocycles. The smallest absolute Gasteiger partial charge is 0.357 e. The van der Waals surface area contributed by atoms with Crippen molar-refractivity contribution in [2.24, 2.45) is 4.40 Å².